The van der Waals surface area contributed by atoms with Crippen molar-refractivity contribution in [2.75, 3.05) is 0 Å². The fourth-order valence-electron chi connectivity index (χ4n) is 3.68. The van der Waals surface area contributed by atoms with E-state index in [0.717, 1.165) is 47.8 Å². The molecular weight excluding hydrogens is 286 g/mol. The first-order valence-corrected chi connectivity index (χ1v) is 8.91. The lowest BCUT2D eigenvalue weighted by Gasteiger charge is -2.16. The Balaban J connectivity index is 2.07. The molecule has 1 aliphatic rings. The Bertz CT molecular complexity index is 693. The number of aromatic carboxylic acids is 1. The third-order valence-electron chi connectivity index (χ3n) is 4.88. The first-order chi connectivity index (χ1) is 11.3. The van der Waals surface area contributed by atoms with E-state index in [0.29, 0.717) is 5.56 Å². The Morgan fingerprint density at radius 3 is 2.17 bits per heavy atom. The first-order valence-electron chi connectivity index (χ1n) is 8.91. The van der Waals surface area contributed by atoms with Crippen LogP contribution in [0.4, 0.5) is 0 Å². The maximum absolute atomic E-state index is 11.9. The number of benzene rings is 1. The van der Waals surface area contributed by atoms with Gasteiger partial charge in [-0.15, -0.1) is 0 Å². The van der Waals surface area contributed by atoms with Gasteiger partial charge in [0.1, 0.15) is 0 Å². The summed E-state index contributed by atoms with van der Waals surface area (Å²) < 4.78 is 0. The molecule has 3 heteroatoms. The molecule has 3 rings (SSSR count). The zero-order valence-corrected chi connectivity index (χ0v) is 13.7. The number of nitrogens with zero attached hydrogens (tertiary/aromatic N) is 1. The zero-order chi connectivity index (χ0) is 16.1. The molecule has 0 spiro atoms. The minimum Gasteiger partial charge on any atom is -0.478 e. The van der Waals surface area contributed by atoms with Crippen LogP contribution in [-0.4, -0.2) is 16.1 Å². The summed E-state index contributed by atoms with van der Waals surface area (Å²) in [5.74, 6) is -0.813. The molecule has 0 amide bonds. The van der Waals surface area contributed by atoms with Gasteiger partial charge in [0.05, 0.1) is 11.1 Å². The van der Waals surface area contributed by atoms with Crippen molar-refractivity contribution in [3.8, 4) is 0 Å². The Hall–Kier alpha value is -1.90. The molecule has 3 nitrogen and oxygen atoms in total. The van der Waals surface area contributed by atoms with E-state index >= 15 is 0 Å². The van der Waals surface area contributed by atoms with Crippen molar-refractivity contribution in [1.82, 2.24) is 4.98 Å². The summed E-state index contributed by atoms with van der Waals surface area (Å²) in [5.41, 5.74) is 3.30. The monoisotopic (exact) mass is 311 g/mol. The molecule has 1 N–H and O–H groups in total. The van der Waals surface area contributed by atoms with Crippen LogP contribution in [-0.2, 0) is 12.8 Å². The van der Waals surface area contributed by atoms with E-state index in [1.165, 1.54) is 38.5 Å². The maximum Gasteiger partial charge on any atom is 0.336 e. The molecule has 1 aromatic carbocycles. The van der Waals surface area contributed by atoms with Crippen molar-refractivity contribution in [3.63, 3.8) is 0 Å². The lowest BCUT2D eigenvalue weighted by Crippen LogP contribution is -2.10. The summed E-state index contributed by atoms with van der Waals surface area (Å²) in [5, 5.41) is 10.6. The van der Waals surface area contributed by atoms with Crippen LogP contribution < -0.4 is 0 Å². The molecule has 122 valence electrons. The fourth-order valence-corrected chi connectivity index (χ4v) is 3.68. The number of carboxylic acid groups (broad SMARTS) is 1. The van der Waals surface area contributed by atoms with Crippen LogP contribution in [0, 0.1) is 0 Å². The lowest BCUT2D eigenvalue weighted by atomic mass is 9.92. The van der Waals surface area contributed by atoms with Crippen LogP contribution in [0.2, 0.25) is 0 Å². The second-order valence-electron chi connectivity index (χ2n) is 6.56. The van der Waals surface area contributed by atoms with E-state index in [2.05, 4.69) is 0 Å². The van der Waals surface area contributed by atoms with Crippen LogP contribution in [0.3, 0.4) is 0 Å². The second-order valence-corrected chi connectivity index (χ2v) is 6.56. The minimum absolute atomic E-state index is 0.489. The number of aromatic nitrogens is 1. The predicted molar refractivity (Wildman–Crippen MR) is 93.0 cm³/mol. The molecule has 0 saturated carbocycles. The first kappa shape index (κ1) is 16.0. The van der Waals surface area contributed by atoms with Crippen molar-refractivity contribution in [2.24, 2.45) is 0 Å². The van der Waals surface area contributed by atoms with Crippen molar-refractivity contribution in [2.45, 2.75) is 64.2 Å². The highest BCUT2D eigenvalue weighted by atomic mass is 16.4. The van der Waals surface area contributed by atoms with E-state index in [4.69, 9.17) is 4.98 Å². The van der Waals surface area contributed by atoms with Gasteiger partial charge in [-0.25, -0.2) is 4.79 Å². The molecule has 0 unspecified atom stereocenters. The average Bonchev–Trinajstić information content (AvgIpc) is 2.54. The van der Waals surface area contributed by atoms with Gasteiger partial charge < -0.3 is 5.11 Å². The van der Waals surface area contributed by atoms with Gasteiger partial charge in [0, 0.05) is 11.1 Å². The average molecular weight is 311 g/mol. The third-order valence-corrected chi connectivity index (χ3v) is 4.88. The second kappa shape index (κ2) is 7.58. The fraction of sp³-hybridized carbons (Fsp3) is 0.500. The summed E-state index contributed by atoms with van der Waals surface area (Å²) in [6.07, 6.45) is 11.5. The third kappa shape index (κ3) is 3.72. The van der Waals surface area contributed by atoms with E-state index in [-0.39, 0.29) is 0 Å². The van der Waals surface area contributed by atoms with Gasteiger partial charge in [-0.3, -0.25) is 4.98 Å². The van der Waals surface area contributed by atoms with Crippen LogP contribution in [0.1, 0.15) is 73.0 Å². The van der Waals surface area contributed by atoms with Crippen LogP contribution in [0.25, 0.3) is 10.9 Å². The zero-order valence-electron chi connectivity index (χ0n) is 13.7. The molecule has 1 heterocycles. The van der Waals surface area contributed by atoms with Gasteiger partial charge in [-0.05, 0) is 37.3 Å². The number of pyridine rings is 1. The molecule has 1 aromatic heterocycles. The molecule has 2 aromatic rings. The van der Waals surface area contributed by atoms with E-state index in [9.17, 15) is 9.90 Å². The van der Waals surface area contributed by atoms with Crippen molar-refractivity contribution in [3.05, 3.63) is 41.1 Å². The summed E-state index contributed by atoms with van der Waals surface area (Å²) in [6.45, 7) is 0. The lowest BCUT2D eigenvalue weighted by molar-refractivity contribution is 0.0697. The molecule has 0 aliphatic heterocycles. The standard InChI is InChI=1S/C20H25NO2/c22-20(23)19-15-11-7-5-3-1-2-4-6-8-13-17(15)21-18-14-10-9-12-16(18)19/h9-10,12,14H,1-8,11,13H2,(H,22,23). The van der Waals surface area contributed by atoms with Gasteiger partial charge >= 0.3 is 5.97 Å². The number of rotatable bonds is 1. The van der Waals surface area contributed by atoms with Crippen LogP contribution in [0.5, 0.6) is 0 Å². The highest BCUT2D eigenvalue weighted by molar-refractivity contribution is 6.04. The number of aryl methyl sites for hydroxylation is 1. The minimum atomic E-state index is -0.813. The predicted octanol–water partition coefficient (Wildman–Crippen LogP) is 5.15. The Kier molecular flexibility index (Phi) is 5.27. The molecule has 1 aliphatic carbocycles. The number of carbonyl (C=O) groups is 1. The maximum atomic E-state index is 11.9. The molecule has 0 saturated heterocycles. The summed E-state index contributed by atoms with van der Waals surface area (Å²) in [6, 6.07) is 7.65. The quantitative estimate of drug-likeness (QED) is 0.792. The number of carboxylic acids is 1. The van der Waals surface area contributed by atoms with Crippen molar-refractivity contribution >= 4 is 16.9 Å². The van der Waals surface area contributed by atoms with E-state index in [1.807, 2.05) is 24.3 Å². The Morgan fingerprint density at radius 2 is 1.48 bits per heavy atom. The van der Waals surface area contributed by atoms with Gasteiger partial charge in [-0.1, -0.05) is 56.7 Å². The number of hydrogen-bond acceptors (Lipinski definition) is 2. The van der Waals surface area contributed by atoms with E-state index in [1.54, 1.807) is 0 Å². The summed E-state index contributed by atoms with van der Waals surface area (Å²) in [7, 11) is 0. The van der Waals surface area contributed by atoms with Crippen molar-refractivity contribution < 1.29 is 9.90 Å². The molecule has 0 radical (unpaired) electrons. The Labute approximate surface area is 137 Å². The number of hydrogen-bond donors (Lipinski definition) is 1. The largest absolute Gasteiger partial charge is 0.478 e. The van der Waals surface area contributed by atoms with Crippen LogP contribution >= 0.6 is 0 Å². The van der Waals surface area contributed by atoms with Gasteiger partial charge in [0.2, 0.25) is 0 Å². The van der Waals surface area contributed by atoms with Gasteiger partial charge in [0.15, 0.2) is 0 Å². The van der Waals surface area contributed by atoms with Gasteiger partial charge in [-0.2, -0.15) is 0 Å². The van der Waals surface area contributed by atoms with Crippen molar-refractivity contribution in [1.29, 1.82) is 0 Å². The molecule has 23 heavy (non-hydrogen) atoms. The molecule has 0 atom stereocenters. The highest BCUT2D eigenvalue weighted by Gasteiger charge is 2.19. The van der Waals surface area contributed by atoms with E-state index < -0.39 is 5.97 Å². The molecular formula is C20H25NO2. The smallest absolute Gasteiger partial charge is 0.336 e. The van der Waals surface area contributed by atoms with Gasteiger partial charge in [0.25, 0.3) is 0 Å². The summed E-state index contributed by atoms with van der Waals surface area (Å²) >= 11 is 0. The number of fused-ring (bicyclic) bond motifs is 2. The normalized spacial score (nSPS) is 17.0. The van der Waals surface area contributed by atoms with Crippen LogP contribution in [0.15, 0.2) is 24.3 Å². The summed E-state index contributed by atoms with van der Waals surface area (Å²) in [4.78, 5) is 16.8. The topological polar surface area (TPSA) is 50.2 Å². The highest BCUT2D eigenvalue weighted by Crippen LogP contribution is 2.27. The molecule has 0 bridgehead atoms. The molecule has 0 fully saturated rings. The Morgan fingerprint density at radius 1 is 0.870 bits per heavy atom. The SMILES string of the molecule is O=C(O)c1c2c(nc3ccccc13)CCCCCCCCCC2. The number of para-hydroxylation sites is 1.